The fraction of sp³-hybridized carbons (Fsp3) is 0.857. The quantitative estimate of drug-likeness (QED) is 0.650. The van der Waals surface area contributed by atoms with Gasteiger partial charge in [-0.2, -0.15) is 0 Å². The van der Waals surface area contributed by atoms with Crippen LogP contribution < -0.4 is 5.32 Å². The standard InChI is InChI=1S/C7H16N2Se/c1-7(2,3)8-6(10)9(4)5/h1-5H3,(H,8,10). The molecule has 0 aromatic heterocycles. The number of hydrogen-bond acceptors (Lipinski definition) is 2. The van der Waals surface area contributed by atoms with Crippen LogP contribution in [0.3, 0.4) is 0 Å². The van der Waals surface area contributed by atoms with Crippen molar-refractivity contribution in [2.45, 2.75) is 26.3 Å². The third-order valence-corrected chi connectivity index (χ3v) is 1.87. The average Bonchev–Trinajstić information content (AvgIpc) is 1.60. The Morgan fingerprint density at radius 3 is 1.80 bits per heavy atom. The van der Waals surface area contributed by atoms with Crippen molar-refractivity contribution >= 4 is 20.2 Å². The summed E-state index contributed by atoms with van der Waals surface area (Å²) in [6, 6.07) is 0. The SMILES string of the molecule is CN(C)C(=[Se])NC(C)(C)C. The van der Waals surface area contributed by atoms with Crippen LogP contribution in [0.5, 0.6) is 0 Å². The molecule has 0 aliphatic carbocycles. The van der Waals surface area contributed by atoms with Gasteiger partial charge >= 0.3 is 70.9 Å². The normalized spacial score (nSPS) is 10.9. The maximum absolute atomic E-state index is 3.31. The summed E-state index contributed by atoms with van der Waals surface area (Å²) in [5.41, 5.74) is 0.144. The van der Waals surface area contributed by atoms with Crippen molar-refractivity contribution in [1.82, 2.24) is 10.2 Å². The first-order valence-corrected chi connectivity index (χ1v) is 4.18. The molecule has 0 saturated carbocycles. The van der Waals surface area contributed by atoms with Crippen LogP contribution in [-0.2, 0) is 0 Å². The Labute approximate surface area is 71.3 Å². The monoisotopic (exact) mass is 208 g/mol. The maximum atomic E-state index is 3.31. The van der Waals surface area contributed by atoms with Crippen LogP contribution >= 0.6 is 0 Å². The van der Waals surface area contributed by atoms with Crippen molar-refractivity contribution < 1.29 is 0 Å². The van der Waals surface area contributed by atoms with E-state index in [1.165, 1.54) is 0 Å². The molecule has 0 radical (unpaired) electrons. The Balaban J connectivity index is 3.81. The van der Waals surface area contributed by atoms with Crippen LogP contribution in [0, 0.1) is 0 Å². The second-order valence-corrected chi connectivity index (χ2v) is 4.39. The zero-order valence-electron chi connectivity index (χ0n) is 7.36. The molecule has 0 heterocycles. The molecule has 0 spiro atoms. The van der Waals surface area contributed by atoms with E-state index in [2.05, 4.69) is 41.7 Å². The third-order valence-electron chi connectivity index (χ3n) is 0.888. The van der Waals surface area contributed by atoms with Crippen LogP contribution in [0.1, 0.15) is 20.8 Å². The van der Waals surface area contributed by atoms with Gasteiger partial charge in [0, 0.05) is 0 Å². The molecule has 10 heavy (non-hydrogen) atoms. The Bertz CT molecular complexity index is 124. The van der Waals surface area contributed by atoms with Crippen molar-refractivity contribution in [2.24, 2.45) is 0 Å². The summed E-state index contributed by atoms with van der Waals surface area (Å²) in [6.45, 7) is 6.40. The minimum atomic E-state index is 0.144. The molecular weight excluding hydrogens is 191 g/mol. The molecule has 0 aliphatic heterocycles. The fourth-order valence-corrected chi connectivity index (χ4v) is 1.08. The van der Waals surface area contributed by atoms with Gasteiger partial charge in [0.25, 0.3) is 0 Å². The van der Waals surface area contributed by atoms with E-state index in [1.807, 2.05) is 19.0 Å². The van der Waals surface area contributed by atoms with Crippen LogP contribution in [0.15, 0.2) is 0 Å². The molecule has 0 unspecified atom stereocenters. The Kier molecular flexibility index (Phi) is 3.40. The summed E-state index contributed by atoms with van der Waals surface area (Å²) < 4.78 is 1.08. The van der Waals surface area contributed by atoms with Crippen LogP contribution in [0.25, 0.3) is 0 Å². The molecule has 0 aromatic carbocycles. The van der Waals surface area contributed by atoms with E-state index in [4.69, 9.17) is 0 Å². The van der Waals surface area contributed by atoms with Crippen LogP contribution in [-0.4, -0.2) is 44.8 Å². The fourth-order valence-electron chi connectivity index (χ4n) is 0.433. The Morgan fingerprint density at radius 2 is 1.70 bits per heavy atom. The first-order chi connectivity index (χ1) is 4.33. The summed E-state index contributed by atoms with van der Waals surface area (Å²) in [4.78, 5) is 2.02. The molecule has 60 valence electrons. The van der Waals surface area contributed by atoms with Gasteiger partial charge in [0.1, 0.15) is 0 Å². The summed E-state index contributed by atoms with van der Waals surface area (Å²) in [5.74, 6) is 0. The van der Waals surface area contributed by atoms with Gasteiger partial charge < -0.3 is 0 Å². The van der Waals surface area contributed by atoms with Gasteiger partial charge in [-0.15, -0.1) is 0 Å². The summed E-state index contributed by atoms with van der Waals surface area (Å²) in [6.07, 6.45) is 0. The van der Waals surface area contributed by atoms with E-state index in [9.17, 15) is 0 Å². The van der Waals surface area contributed by atoms with Crippen molar-refractivity contribution in [1.29, 1.82) is 0 Å². The first kappa shape index (κ1) is 9.99. The number of nitrogens with zero attached hydrogens (tertiary/aromatic N) is 1. The first-order valence-electron chi connectivity index (χ1n) is 3.32. The molecule has 0 saturated heterocycles. The molecule has 0 aromatic rings. The molecule has 0 fully saturated rings. The van der Waals surface area contributed by atoms with Crippen molar-refractivity contribution in [3.05, 3.63) is 0 Å². The molecule has 0 bridgehead atoms. The molecule has 3 heteroatoms. The molecule has 0 aliphatic rings. The third kappa shape index (κ3) is 4.83. The van der Waals surface area contributed by atoms with Gasteiger partial charge in [-0.25, -0.2) is 0 Å². The van der Waals surface area contributed by atoms with Crippen molar-refractivity contribution in [2.75, 3.05) is 14.1 Å². The van der Waals surface area contributed by atoms with E-state index < -0.39 is 0 Å². The molecule has 0 rings (SSSR count). The summed E-state index contributed by atoms with van der Waals surface area (Å²) in [5, 5.41) is 3.31. The molecular formula is C7H16N2Se. The van der Waals surface area contributed by atoms with Gasteiger partial charge in [0.15, 0.2) is 0 Å². The zero-order chi connectivity index (χ0) is 8.36. The van der Waals surface area contributed by atoms with Gasteiger partial charge in [-0.3, -0.25) is 0 Å². The number of nitrogens with one attached hydrogen (secondary N) is 1. The van der Waals surface area contributed by atoms with Crippen molar-refractivity contribution in [3.8, 4) is 0 Å². The minimum absolute atomic E-state index is 0.144. The van der Waals surface area contributed by atoms with E-state index in [-0.39, 0.29) is 5.54 Å². The number of rotatable bonds is 2. The molecule has 0 amide bonds. The van der Waals surface area contributed by atoms with E-state index in [0.29, 0.717) is 0 Å². The summed E-state index contributed by atoms with van der Waals surface area (Å²) in [7, 11) is 4.01. The molecule has 1 N–H and O–H groups in total. The van der Waals surface area contributed by atoms with E-state index in [1.54, 1.807) is 0 Å². The zero-order valence-corrected chi connectivity index (χ0v) is 9.07. The predicted octanol–water partition coefficient (Wildman–Crippen LogP) is 0.192. The van der Waals surface area contributed by atoms with E-state index >= 15 is 0 Å². The number of hydrogen-bond donors (Lipinski definition) is 1. The topological polar surface area (TPSA) is 15.3 Å². The van der Waals surface area contributed by atoms with Gasteiger partial charge in [0.2, 0.25) is 0 Å². The second kappa shape index (κ2) is 3.40. The van der Waals surface area contributed by atoms with E-state index in [0.717, 1.165) is 4.67 Å². The van der Waals surface area contributed by atoms with Crippen LogP contribution in [0.2, 0.25) is 0 Å². The van der Waals surface area contributed by atoms with Gasteiger partial charge in [0.05, 0.1) is 0 Å². The molecule has 2 nitrogen and oxygen atoms in total. The van der Waals surface area contributed by atoms with Crippen molar-refractivity contribution in [3.63, 3.8) is 0 Å². The van der Waals surface area contributed by atoms with Gasteiger partial charge in [-0.05, 0) is 0 Å². The Morgan fingerprint density at radius 1 is 1.30 bits per heavy atom. The summed E-state index contributed by atoms with van der Waals surface area (Å²) >= 11 is 2.96. The Hall–Kier alpha value is -0.0105. The average molecular weight is 207 g/mol. The van der Waals surface area contributed by atoms with Crippen LogP contribution in [0.4, 0.5) is 0 Å². The second-order valence-electron chi connectivity index (χ2n) is 3.57. The molecule has 0 atom stereocenters. The van der Waals surface area contributed by atoms with Gasteiger partial charge in [-0.1, -0.05) is 0 Å². The predicted molar refractivity (Wildman–Crippen MR) is 47.3 cm³/mol.